The van der Waals surface area contributed by atoms with Gasteiger partial charge in [0.25, 0.3) is 0 Å². The fourth-order valence-corrected chi connectivity index (χ4v) is 6.97. The van der Waals surface area contributed by atoms with E-state index in [-0.39, 0.29) is 25.8 Å². The Hall–Kier alpha value is -1.02. The SMILES string of the molecule is CCCCC/C=C\C/C=C\CCCCCCCCCC(=O)OC(COCCCCCCCCCCCCCCCCC)COP(=O)(O)OCC[N+](C)(C)C. The van der Waals surface area contributed by atoms with E-state index < -0.39 is 13.9 Å². The fourth-order valence-electron chi connectivity index (χ4n) is 6.23. The van der Waals surface area contributed by atoms with E-state index in [0.717, 1.165) is 44.9 Å². The molecular weight excluding hydrogens is 697 g/mol. The number of esters is 1. The van der Waals surface area contributed by atoms with Gasteiger partial charge in [-0.3, -0.25) is 13.8 Å². The number of phosphoric ester groups is 1. The number of carbonyl (C=O) groups is 1. The van der Waals surface area contributed by atoms with Crippen LogP contribution in [0.5, 0.6) is 0 Å². The van der Waals surface area contributed by atoms with E-state index in [1.165, 1.54) is 135 Å². The molecule has 9 heteroatoms. The molecule has 0 aliphatic carbocycles. The van der Waals surface area contributed by atoms with Gasteiger partial charge in [0.1, 0.15) is 19.3 Å². The third-order valence-corrected chi connectivity index (χ3v) is 10.7. The Morgan fingerprint density at radius 1 is 0.574 bits per heavy atom. The number of nitrogens with zero attached hydrogens (tertiary/aromatic N) is 1. The summed E-state index contributed by atoms with van der Waals surface area (Å²) in [5.41, 5.74) is 0. The smallest absolute Gasteiger partial charge is 0.457 e. The van der Waals surface area contributed by atoms with Crippen molar-refractivity contribution in [3.8, 4) is 0 Å². The predicted octanol–water partition coefficient (Wildman–Crippen LogP) is 13.2. The number of allylic oxidation sites excluding steroid dienone is 4. The lowest BCUT2D eigenvalue weighted by molar-refractivity contribution is -0.870. The molecule has 8 nitrogen and oxygen atoms in total. The van der Waals surface area contributed by atoms with E-state index in [2.05, 4.69) is 38.2 Å². The summed E-state index contributed by atoms with van der Waals surface area (Å²) in [6, 6.07) is 0. The highest BCUT2D eigenvalue weighted by molar-refractivity contribution is 7.47. The Morgan fingerprint density at radius 3 is 1.54 bits per heavy atom. The molecule has 0 rings (SSSR count). The van der Waals surface area contributed by atoms with Gasteiger partial charge in [-0.1, -0.05) is 173 Å². The van der Waals surface area contributed by atoms with Crippen LogP contribution in [0.1, 0.15) is 200 Å². The molecule has 1 N–H and O–H groups in total. The molecule has 0 saturated carbocycles. The normalized spacial score (nSPS) is 14.0. The van der Waals surface area contributed by atoms with Crippen molar-refractivity contribution in [2.24, 2.45) is 0 Å². The fraction of sp³-hybridized carbons (Fsp3) is 0.889. The van der Waals surface area contributed by atoms with Crippen molar-refractivity contribution in [2.45, 2.75) is 206 Å². The molecule has 0 bridgehead atoms. The highest BCUT2D eigenvalue weighted by Crippen LogP contribution is 2.43. The molecule has 0 aliphatic heterocycles. The maximum Gasteiger partial charge on any atom is 0.472 e. The summed E-state index contributed by atoms with van der Waals surface area (Å²) in [4.78, 5) is 22.9. The number of phosphoric acid groups is 1. The second-order valence-electron chi connectivity index (χ2n) is 16.4. The van der Waals surface area contributed by atoms with Crippen LogP contribution < -0.4 is 0 Å². The standard InChI is InChI=1S/C45H88NO7P/c1-6-8-10-12-14-16-18-20-22-23-24-26-28-30-32-34-36-38-45(47)53-44(43-52-54(48,49)51-41-39-46(3,4)5)42-50-40-37-35-33-31-29-27-25-21-19-17-15-13-11-9-7-2/h14,16,20,22,44H,6-13,15,17-19,21,23-43H2,1-5H3/p+1/b16-14-,22-20-. The Kier molecular flexibility index (Phi) is 38.1. The van der Waals surface area contributed by atoms with Gasteiger partial charge in [0.05, 0.1) is 34.4 Å². The topological polar surface area (TPSA) is 91.3 Å². The van der Waals surface area contributed by atoms with Crippen molar-refractivity contribution in [1.82, 2.24) is 0 Å². The van der Waals surface area contributed by atoms with Gasteiger partial charge < -0.3 is 18.9 Å². The van der Waals surface area contributed by atoms with Crippen LogP contribution in [0.2, 0.25) is 0 Å². The lowest BCUT2D eigenvalue weighted by Gasteiger charge is -2.24. The minimum atomic E-state index is -4.27. The van der Waals surface area contributed by atoms with Gasteiger partial charge >= 0.3 is 13.8 Å². The number of unbranched alkanes of at least 4 members (excludes halogenated alkanes) is 24. The van der Waals surface area contributed by atoms with Crippen molar-refractivity contribution in [2.75, 3.05) is 54.1 Å². The zero-order valence-corrected chi connectivity index (χ0v) is 37.1. The lowest BCUT2D eigenvalue weighted by Crippen LogP contribution is -2.37. The molecule has 0 aliphatic rings. The molecule has 0 fully saturated rings. The summed E-state index contributed by atoms with van der Waals surface area (Å²) in [5, 5.41) is 0. The number of quaternary nitrogens is 1. The minimum absolute atomic E-state index is 0.0889. The first-order chi connectivity index (χ1) is 26.1. The number of rotatable bonds is 42. The van der Waals surface area contributed by atoms with E-state index in [0.29, 0.717) is 24.1 Å². The molecule has 320 valence electrons. The average Bonchev–Trinajstić information content (AvgIpc) is 3.12. The minimum Gasteiger partial charge on any atom is -0.457 e. The Bertz CT molecular complexity index is 920. The first kappa shape index (κ1) is 53.0. The molecule has 2 unspecified atom stereocenters. The lowest BCUT2D eigenvalue weighted by atomic mass is 10.0. The highest BCUT2D eigenvalue weighted by Gasteiger charge is 2.26. The van der Waals surface area contributed by atoms with Crippen molar-refractivity contribution in [3.63, 3.8) is 0 Å². The van der Waals surface area contributed by atoms with Gasteiger partial charge in [-0.25, -0.2) is 4.57 Å². The van der Waals surface area contributed by atoms with Crippen LogP contribution in [0.25, 0.3) is 0 Å². The Balaban J connectivity index is 4.22. The molecule has 0 saturated heterocycles. The molecule has 0 radical (unpaired) electrons. The zero-order chi connectivity index (χ0) is 39.9. The summed E-state index contributed by atoms with van der Waals surface area (Å²) in [6.45, 7) is 5.62. The number of ether oxygens (including phenoxy) is 2. The summed E-state index contributed by atoms with van der Waals surface area (Å²) in [6.07, 6.45) is 43.4. The van der Waals surface area contributed by atoms with Crippen LogP contribution in [-0.4, -0.2) is 75.6 Å². The van der Waals surface area contributed by atoms with Crippen molar-refractivity contribution >= 4 is 13.8 Å². The highest BCUT2D eigenvalue weighted by atomic mass is 31.2. The van der Waals surface area contributed by atoms with Crippen LogP contribution in [0.3, 0.4) is 0 Å². The van der Waals surface area contributed by atoms with E-state index in [1.807, 2.05) is 21.1 Å². The predicted molar refractivity (Wildman–Crippen MR) is 229 cm³/mol. The third kappa shape index (κ3) is 42.1. The van der Waals surface area contributed by atoms with E-state index in [9.17, 15) is 14.3 Å². The molecular formula is C45H89NO7P+. The molecule has 0 aromatic heterocycles. The van der Waals surface area contributed by atoms with Gasteiger partial charge in [0.2, 0.25) is 0 Å². The average molecular weight is 787 g/mol. The van der Waals surface area contributed by atoms with E-state index in [1.54, 1.807) is 0 Å². The van der Waals surface area contributed by atoms with Gasteiger partial charge in [0.15, 0.2) is 0 Å². The molecule has 0 amide bonds. The van der Waals surface area contributed by atoms with Crippen molar-refractivity contribution < 1.29 is 37.3 Å². The van der Waals surface area contributed by atoms with Crippen LogP contribution >= 0.6 is 7.82 Å². The van der Waals surface area contributed by atoms with E-state index in [4.69, 9.17) is 18.5 Å². The largest absolute Gasteiger partial charge is 0.472 e. The first-order valence-electron chi connectivity index (χ1n) is 22.6. The first-order valence-corrected chi connectivity index (χ1v) is 24.1. The summed E-state index contributed by atoms with van der Waals surface area (Å²) in [5.74, 6) is -0.319. The van der Waals surface area contributed by atoms with Gasteiger partial charge in [-0.05, 0) is 44.9 Å². The summed E-state index contributed by atoms with van der Waals surface area (Å²) in [7, 11) is 1.67. The number of likely N-dealkylation sites (N-methyl/N-ethyl adjacent to an activating group) is 1. The molecule has 0 aromatic carbocycles. The Morgan fingerprint density at radius 2 is 1.02 bits per heavy atom. The third-order valence-electron chi connectivity index (χ3n) is 9.77. The maximum absolute atomic E-state index is 12.7. The van der Waals surface area contributed by atoms with Crippen LogP contribution in [0.15, 0.2) is 24.3 Å². The second kappa shape index (κ2) is 38.8. The van der Waals surface area contributed by atoms with Crippen molar-refractivity contribution in [3.05, 3.63) is 24.3 Å². The number of hydrogen-bond donors (Lipinski definition) is 1. The van der Waals surface area contributed by atoms with E-state index >= 15 is 0 Å². The molecule has 2 atom stereocenters. The van der Waals surface area contributed by atoms with Crippen LogP contribution in [0, 0.1) is 0 Å². The number of hydrogen-bond acceptors (Lipinski definition) is 6. The molecule has 0 spiro atoms. The van der Waals surface area contributed by atoms with Crippen LogP contribution in [-0.2, 0) is 27.9 Å². The van der Waals surface area contributed by atoms with Gasteiger partial charge in [-0.15, -0.1) is 0 Å². The van der Waals surface area contributed by atoms with Gasteiger partial charge in [0, 0.05) is 13.0 Å². The zero-order valence-electron chi connectivity index (χ0n) is 36.2. The monoisotopic (exact) mass is 787 g/mol. The van der Waals surface area contributed by atoms with Crippen molar-refractivity contribution in [1.29, 1.82) is 0 Å². The molecule has 0 aromatic rings. The summed E-state index contributed by atoms with van der Waals surface area (Å²) >= 11 is 0. The Labute approximate surface area is 334 Å². The molecule has 0 heterocycles. The second-order valence-corrected chi connectivity index (χ2v) is 17.9. The summed E-state index contributed by atoms with van der Waals surface area (Å²) < 4.78 is 35.0. The van der Waals surface area contributed by atoms with Gasteiger partial charge in [-0.2, -0.15) is 0 Å². The molecule has 54 heavy (non-hydrogen) atoms. The van der Waals surface area contributed by atoms with Crippen LogP contribution in [0.4, 0.5) is 0 Å². The maximum atomic E-state index is 12.7. The number of carbonyl (C=O) groups excluding carboxylic acids is 1. The quantitative estimate of drug-likeness (QED) is 0.0217.